The molecule has 1 aliphatic rings. The number of sulfone groups is 1. The molecule has 0 aromatic rings. The Hall–Kier alpha value is -0.950. The zero-order chi connectivity index (χ0) is 14.8. The van der Waals surface area contributed by atoms with Gasteiger partial charge < -0.3 is 4.74 Å². The van der Waals surface area contributed by atoms with Crippen molar-refractivity contribution in [1.29, 1.82) is 0 Å². The van der Waals surface area contributed by atoms with Crippen LogP contribution in [0.25, 0.3) is 0 Å². The first-order valence-electron chi connectivity index (χ1n) is 6.12. The van der Waals surface area contributed by atoms with Gasteiger partial charge in [-0.1, -0.05) is 0 Å². The maximum Gasteiger partial charge on any atom is 0.318 e. The van der Waals surface area contributed by atoms with E-state index >= 15 is 0 Å². The lowest BCUT2D eigenvalue weighted by Gasteiger charge is -2.27. The Kier molecular flexibility index (Phi) is 4.73. The lowest BCUT2D eigenvalue weighted by Crippen LogP contribution is -2.44. The van der Waals surface area contributed by atoms with Crippen LogP contribution < -0.4 is 0 Å². The number of ether oxygens (including phenoxy) is 1. The minimum atomic E-state index is -2.98. The molecule has 1 aliphatic heterocycles. The van der Waals surface area contributed by atoms with E-state index in [1.165, 1.54) is 21.0 Å². The minimum Gasteiger partial charge on any atom is -0.468 e. The SMILES string of the molecule is COC(=O)C(C)(C)C(=O)CN(C)C1CCS(=O)(=O)C1. The number of nitrogens with zero attached hydrogens (tertiary/aromatic N) is 1. The molecule has 7 heteroatoms. The fourth-order valence-electron chi connectivity index (χ4n) is 2.05. The lowest BCUT2D eigenvalue weighted by molar-refractivity contribution is -0.156. The van der Waals surface area contributed by atoms with E-state index in [0.717, 1.165) is 0 Å². The van der Waals surface area contributed by atoms with Gasteiger partial charge in [-0.3, -0.25) is 14.5 Å². The molecule has 1 unspecified atom stereocenters. The summed E-state index contributed by atoms with van der Waals surface area (Å²) in [7, 11) is -0.0315. The standard InChI is InChI=1S/C12H21NO5S/c1-12(2,11(15)18-4)10(14)7-13(3)9-5-6-19(16,17)8-9/h9H,5-8H2,1-4H3. The topological polar surface area (TPSA) is 80.8 Å². The first kappa shape index (κ1) is 16.1. The fourth-order valence-corrected chi connectivity index (χ4v) is 3.85. The molecule has 0 bridgehead atoms. The number of carbonyl (C=O) groups excluding carboxylic acids is 2. The van der Waals surface area contributed by atoms with Gasteiger partial charge in [0, 0.05) is 6.04 Å². The number of rotatable bonds is 5. The summed E-state index contributed by atoms with van der Waals surface area (Å²) in [6.07, 6.45) is 0.533. The monoisotopic (exact) mass is 291 g/mol. The molecule has 0 aromatic heterocycles. The predicted molar refractivity (Wildman–Crippen MR) is 70.5 cm³/mol. The quantitative estimate of drug-likeness (QED) is 0.518. The molecule has 0 saturated carbocycles. The van der Waals surface area contributed by atoms with Crippen LogP contribution in [-0.2, 0) is 24.2 Å². The number of hydrogen-bond acceptors (Lipinski definition) is 6. The summed E-state index contributed by atoms with van der Waals surface area (Å²) in [6.45, 7) is 3.07. The summed E-state index contributed by atoms with van der Waals surface area (Å²) < 4.78 is 27.4. The van der Waals surface area contributed by atoms with Gasteiger partial charge in [-0.05, 0) is 27.3 Å². The summed E-state index contributed by atoms with van der Waals surface area (Å²) in [6, 6.07) is -0.151. The molecule has 1 atom stereocenters. The number of ketones is 1. The van der Waals surface area contributed by atoms with Crippen molar-refractivity contribution < 1.29 is 22.7 Å². The highest BCUT2D eigenvalue weighted by Crippen LogP contribution is 2.21. The molecule has 0 amide bonds. The number of carbonyl (C=O) groups is 2. The number of likely N-dealkylation sites (N-methyl/N-ethyl adjacent to an activating group) is 1. The molecule has 0 N–H and O–H groups in total. The Labute approximate surface area is 114 Å². The van der Waals surface area contributed by atoms with Crippen LogP contribution in [0.15, 0.2) is 0 Å². The molecule has 110 valence electrons. The van der Waals surface area contributed by atoms with Crippen LogP contribution in [0.3, 0.4) is 0 Å². The van der Waals surface area contributed by atoms with Crippen molar-refractivity contribution in [3.8, 4) is 0 Å². The second-order valence-electron chi connectivity index (χ2n) is 5.51. The highest BCUT2D eigenvalue weighted by molar-refractivity contribution is 7.91. The second-order valence-corrected chi connectivity index (χ2v) is 7.74. The van der Waals surface area contributed by atoms with E-state index < -0.39 is 21.2 Å². The van der Waals surface area contributed by atoms with Gasteiger partial charge in [0.25, 0.3) is 0 Å². The van der Waals surface area contributed by atoms with Crippen molar-refractivity contribution in [2.24, 2.45) is 5.41 Å². The van der Waals surface area contributed by atoms with Crippen molar-refractivity contribution in [2.75, 3.05) is 32.2 Å². The molecule has 1 heterocycles. The Balaban J connectivity index is 2.65. The number of methoxy groups -OCH3 is 1. The average Bonchev–Trinajstić information content (AvgIpc) is 2.68. The van der Waals surface area contributed by atoms with E-state index in [1.54, 1.807) is 11.9 Å². The van der Waals surface area contributed by atoms with Gasteiger partial charge in [-0.2, -0.15) is 0 Å². The molecule has 1 fully saturated rings. The summed E-state index contributed by atoms with van der Waals surface area (Å²) in [4.78, 5) is 25.3. The zero-order valence-electron chi connectivity index (χ0n) is 11.8. The van der Waals surface area contributed by atoms with E-state index in [0.29, 0.717) is 6.42 Å². The smallest absolute Gasteiger partial charge is 0.318 e. The van der Waals surface area contributed by atoms with Crippen molar-refractivity contribution in [1.82, 2.24) is 4.90 Å². The van der Waals surface area contributed by atoms with Crippen molar-refractivity contribution in [3.63, 3.8) is 0 Å². The molecule has 0 aliphatic carbocycles. The van der Waals surface area contributed by atoms with Crippen LogP contribution in [0.5, 0.6) is 0 Å². The maximum atomic E-state index is 12.1. The molecular weight excluding hydrogens is 270 g/mol. The lowest BCUT2D eigenvalue weighted by atomic mass is 9.87. The first-order valence-corrected chi connectivity index (χ1v) is 7.94. The minimum absolute atomic E-state index is 0.0439. The molecule has 19 heavy (non-hydrogen) atoms. The van der Waals surface area contributed by atoms with E-state index in [2.05, 4.69) is 4.74 Å². The van der Waals surface area contributed by atoms with Crippen LogP contribution in [-0.4, -0.2) is 63.3 Å². The maximum absolute atomic E-state index is 12.1. The van der Waals surface area contributed by atoms with Gasteiger partial charge in [0.1, 0.15) is 5.41 Å². The molecule has 1 rings (SSSR count). The fraction of sp³-hybridized carbons (Fsp3) is 0.833. The Bertz CT molecular complexity index is 469. The van der Waals surface area contributed by atoms with Crippen LogP contribution in [0.4, 0.5) is 0 Å². The summed E-state index contributed by atoms with van der Waals surface area (Å²) in [5.41, 5.74) is -1.21. The third-order valence-corrected chi connectivity index (χ3v) is 5.37. The van der Waals surface area contributed by atoms with E-state index in [-0.39, 0.29) is 29.9 Å². The first-order chi connectivity index (χ1) is 8.60. The van der Waals surface area contributed by atoms with Gasteiger partial charge in [0.2, 0.25) is 0 Å². The van der Waals surface area contributed by atoms with Gasteiger partial charge >= 0.3 is 5.97 Å². The number of Topliss-reactive ketones (excluding diaryl/α,β-unsaturated/α-hetero) is 1. The summed E-state index contributed by atoms with van der Waals surface area (Å²) in [5.74, 6) is -0.609. The van der Waals surface area contributed by atoms with Crippen LogP contribution in [0.2, 0.25) is 0 Å². The van der Waals surface area contributed by atoms with E-state index in [4.69, 9.17) is 0 Å². The van der Waals surface area contributed by atoms with Crippen molar-refractivity contribution >= 4 is 21.6 Å². The van der Waals surface area contributed by atoms with Crippen LogP contribution in [0, 0.1) is 5.41 Å². The van der Waals surface area contributed by atoms with Gasteiger partial charge in [0.15, 0.2) is 15.6 Å². The highest BCUT2D eigenvalue weighted by Gasteiger charge is 2.39. The van der Waals surface area contributed by atoms with Crippen LogP contribution >= 0.6 is 0 Å². The summed E-state index contributed by atoms with van der Waals surface area (Å²) >= 11 is 0. The van der Waals surface area contributed by atoms with Crippen molar-refractivity contribution in [2.45, 2.75) is 26.3 Å². The Morgan fingerprint density at radius 1 is 1.37 bits per heavy atom. The zero-order valence-corrected chi connectivity index (χ0v) is 12.6. The third-order valence-electron chi connectivity index (χ3n) is 3.62. The predicted octanol–water partition coefficient (Wildman–Crippen LogP) is -0.126. The average molecular weight is 291 g/mol. The molecule has 1 saturated heterocycles. The molecule has 6 nitrogen and oxygen atoms in total. The number of esters is 1. The second kappa shape index (κ2) is 5.58. The van der Waals surface area contributed by atoms with E-state index in [9.17, 15) is 18.0 Å². The third kappa shape index (κ3) is 3.76. The van der Waals surface area contributed by atoms with E-state index in [1.807, 2.05) is 0 Å². The van der Waals surface area contributed by atoms with Gasteiger partial charge in [0.05, 0.1) is 25.2 Å². The van der Waals surface area contributed by atoms with Gasteiger partial charge in [-0.15, -0.1) is 0 Å². The highest BCUT2D eigenvalue weighted by atomic mass is 32.2. The normalized spacial score (nSPS) is 22.5. The molecular formula is C12H21NO5S. The summed E-state index contributed by atoms with van der Waals surface area (Å²) in [5, 5.41) is 0. The largest absolute Gasteiger partial charge is 0.468 e. The van der Waals surface area contributed by atoms with Crippen LogP contribution in [0.1, 0.15) is 20.3 Å². The molecule has 0 radical (unpaired) electrons. The Morgan fingerprint density at radius 2 is 1.95 bits per heavy atom. The Morgan fingerprint density at radius 3 is 2.37 bits per heavy atom. The number of hydrogen-bond donors (Lipinski definition) is 0. The molecule has 0 aromatic carbocycles. The van der Waals surface area contributed by atoms with Crippen molar-refractivity contribution in [3.05, 3.63) is 0 Å². The molecule has 0 spiro atoms. The van der Waals surface area contributed by atoms with Gasteiger partial charge in [-0.25, -0.2) is 8.42 Å².